The average Bonchev–Trinajstić information content (AvgIpc) is 3.87. The van der Waals surface area contributed by atoms with Crippen molar-refractivity contribution in [1.29, 1.82) is 5.41 Å². The molecule has 0 amide bonds. The van der Waals surface area contributed by atoms with Gasteiger partial charge in [0, 0.05) is 27.7 Å². The Kier molecular flexibility index (Phi) is 10.8. The van der Waals surface area contributed by atoms with E-state index in [-0.39, 0.29) is 16.7 Å². The Bertz CT molecular complexity index is 2730. The molecule has 6 nitrogen and oxygen atoms in total. The Morgan fingerprint density at radius 2 is 0.983 bits per heavy atom. The summed E-state index contributed by atoms with van der Waals surface area (Å²) in [6.07, 6.45) is 3.45. The van der Waals surface area contributed by atoms with Gasteiger partial charge in [0.2, 0.25) is 0 Å². The van der Waals surface area contributed by atoms with Crippen LogP contribution >= 0.6 is 0 Å². The number of nitrogens with one attached hydrogen (secondary N) is 3. The smallest absolute Gasteiger partial charge is 0.122 e. The minimum Gasteiger partial charge on any atom is -0.384 e. The van der Waals surface area contributed by atoms with Crippen LogP contribution in [0.15, 0.2) is 54.6 Å². The van der Waals surface area contributed by atoms with Crippen LogP contribution in [0, 0.1) is 19.3 Å². The molecule has 2 aromatic carbocycles. The SMILES string of the molecule is CCC1=C(C)c2nc1cc1[nH]c(c(C)c1CC)c(-c1ccc(C(=N)N)cc1)c1nc(cc3[nH]c(c(C)c3CC)c2-c2cc(C(C)(C)C)cc(C(C)(C)C)c2)C(CC)=C1C. The number of allylic oxidation sites excluding steroid dienone is 4. The Labute approximate surface area is 352 Å². The summed E-state index contributed by atoms with van der Waals surface area (Å²) in [5.74, 6) is 0.0569. The number of hydrogen-bond donors (Lipinski definition) is 4. The van der Waals surface area contributed by atoms with Crippen LogP contribution in [0.5, 0.6) is 0 Å². The van der Waals surface area contributed by atoms with Crippen molar-refractivity contribution in [3.8, 4) is 22.3 Å². The first-order valence-electron chi connectivity index (χ1n) is 21.6. The van der Waals surface area contributed by atoms with Crippen LogP contribution in [-0.4, -0.2) is 25.8 Å². The Balaban J connectivity index is 1.76. The standard InChI is InChI=1S/C53H64N6/c1-15-37-28(5)47-45(32-19-21-33(22-20-32)51(54)55)48-29(6)38(16-2)42(57-48)27-44-40(18-4)31(8)50(59-44)46(49-30(7)39(17-3)43(58-49)26-41(37)56-47)34-23-35(52(9,10)11)25-36(24-34)53(12,13)14/h19-27,56,59H,15-18H2,1-14H3,(H3,54,55). The second kappa shape index (κ2) is 15.3. The number of amidine groups is 1. The molecule has 2 aliphatic rings. The molecule has 0 saturated heterocycles. The summed E-state index contributed by atoms with van der Waals surface area (Å²) < 4.78 is 0. The second-order valence-corrected chi connectivity index (χ2v) is 18.7. The van der Waals surface area contributed by atoms with Crippen molar-refractivity contribution < 1.29 is 0 Å². The van der Waals surface area contributed by atoms with Gasteiger partial charge in [0.15, 0.2) is 0 Å². The van der Waals surface area contributed by atoms with Gasteiger partial charge in [-0.1, -0.05) is 112 Å². The number of H-pyrrole nitrogens is 2. The van der Waals surface area contributed by atoms with E-state index >= 15 is 0 Å². The highest BCUT2D eigenvalue weighted by molar-refractivity contribution is 6.04. The number of nitrogen functional groups attached to an aromatic ring is 1. The van der Waals surface area contributed by atoms with E-state index in [1.165, 1.54) is 61.2 Å². The lowest BCUT2D eigenvalue weighted by Crippen LogP contribution is -2.16. The van der Waals surface area contributed by atoms with Crippen LogP contribution in [0.1, 0.15) is 158 Å². The van der Waals surface area contributed by atoms with Crippen LogP contribution in [0.3, 0.4) is 0 Å². The first-order valence-corrected chi connectivity index (χ1v) is 21.6. The zero-order chi connectivity index (χ0) is 42.9. The van der Waals surface area contributed by atoms with Crippen LogP contribution < -0.4 is 5.73 Å². The molecule has 7 rings (SSSR count). The van der Waals surface area contributed by atoms with Crippen molar-refractivity contribution in [2.24, 2.45) is 5.73 Å². The maximum absolute atomic E-state index is 8.09. The number of aryl methyl sites for hydroxylation is 4. The summed E-state index contributed by atoms with van der Waals surface area (Å²) in [5.41, 5.74) is 31.9. The Morgan fingerprint density at radius 3 is 1.34 bits per heavy atom. The van der Waals surface area contributed by atoms with E-state index in [1.807, 2.05) is 12.1 Å². The van der Waals surface area contributed by atoms with Gasteiger partial charge >= 0.3 is 0 Å². The van der Waals surface area contributed by atoms with E-state index in [9.17, 15) is 0 Å². The van der Waals surface area contributed by atoms with E-state index in [4.69, 9.17) is 21.1 Å². The number of aromatic amines is 2. The quantitative estimate of drug-likeness (QED) is 0.0975. The molecular weight excluding hydrogens is 721 g/mol. The molecule has 5 N–H and O–H groups in total. The monoisotopic (exact) mass is 785 g/mol. The number of fused-ring (bicyclic) bond motifs is 8. The van der Waals surface area contributed by atoms with Gasteiger partial charge in [-0.05, 0) is 143 Å². The molecule has 5 heterocycles. The lowest BCUT2D eigenvalue weighted by Gasteiger charge is -2.26. The fourth-order valence-corrected chi connectivity index (χ4v) is 9.33. The summed E-state index contributed by atoms with van der Waals surface area (Å²) in [7, 11) is 0. The molecule has 0 fully saturated rings. The predicted molar refractivity (Wildman–Crippen MR) is 254 cm³/mol. The third kappa shape index (κ3) is 7.19. The lowest BCUT2D eigenvalue weighted by molar-refractivity contribution is 0.569. The van der Waals surface area contributed by atoms with Gasteiger partial charge in [-0.25, -0.2) is 9.97 Å². The zero-order valence-corrected chi connectivity index (χ0v) is 38.0. The molecule has 0 aliphatic carbocycles. The molecule has 3 aromatic heterocycles. The van der Waals surface area contributed by atoms with E-state index in [1.54, 1.807) is 0 Å². The summed E-state index contributed by atoms with van der Waals surface area (Å²) in [5, 5.41) is 8.09. The largest absolute Gasteiger partial charge is 0.384 e. The topological polar surface area (TPSA) is 107 Å². The third-order valence-corrected chi connectivity index (χ3v) is 12.9. The second-order valence-electron chi connectivity index (χ2n) is 18.7. The Morgan fingerprint density at radius 1 is 0.576 bits per heavy atom. The molecule has 6 heteroatoms. The van der Waals surface area contributed by atoms with E-state index in [0.29, 0.717) is 5.56 Å². The molecular formula is C53H64N6. The molecule has 306 valence electrons. The highest BCUT2D eigenvalue weighted by atomic mass is 14.8. The first-order chi connectivity index (χ1) is 27.8. The van der Waals surface area contributed by atoms with Gasteiger partial charge in [-0.3, -0.25) is 5.41 Å². The van der Waals surface area contributed by atoms with Crippen molar-refractivity contribution >= 4 is 50.2 Å². The lowest BCUT2D eigenvalue weighted by atomic mass is 9.78. The van der Waals surface area contributed by atoms with Crippen LogP contribution in [0.2, 0.25) is 0 Å². The summed E-state index contributed by atoms with van der Waals surface area (Å²) in [4.78, 5) is 19.3. The average molecular weight is 785 g/mol. The number of hydrogen-bond acceptors (Lipinski definition) is 3. The minimum atomic E-state index is -0.0458. The van der Waals surface area contributed by atoms with Crippen molar-refractivity contribution in [3.63, 3.8) is 0 Å². The first kappa shape index (κ1) is 41.7. The number of benzene rings is 2. The van der Waals surface area contributed by atoms with Crippen LogP contribution in [-0.2, 0) is 23.7 Å². The third-order valence-electron chi connectivity index (χ3n) is 12.9. The highest BCUT2D eigenvalue weighted by Crippen LogP contribution is 2.45. The van der Waals surface area contributed by atoms with Gasteiger partial charge < -0.3 is 15.7 Å². The van der Waals surface area contributed by atoms with Gasteiger partial charge in [0.1, 0.15) is 5.84 Å². The zero-order valence-electron chi connectivity index (χ0n) is 38.0. The maximum atomic E-state index is 8.09. The number of aromatic nitrogens is 4. The van der Waals surface area contributed by atoms with Gasteiger partial charge in [0.05, 0.1) is 33.8 Å². The van der Waals surface area contributed by atoms with Crippen LogP contribution in [0.25, 0.3) is 66.6 Å². The van der Waals surface area contributed by atoms with Crippen molar-refractivity contribution in [3.05, 3.63) is 116 Å². The van der Waals surface area contributed by atoms with Crippen molar-refractivity contribution in [1.82, 2.24) is 19.9 Å². The normalized spacial score (nSPS) is 13.5. The van der Waals surface area contributed by atoms with E-state index in [0.717, 1.165) is 87.2 Å². The molecule has 8 bridgehead atoms. The predicted octanol–water partition coefficient (Wildman–Crippen LogP) is 14.0. The Hall–Kier alpha value is -5.49. The van der Waals surface area contributed by atoms with E-state index < -0.39 is 0 Å². The highest BCUT2D eigenvalue weighted by Gasteiger charge is 2.28. The van der Waals surface area contributed by atoms with Gasteiger partial charge in [0.25, 0.3) is 0 Å². The maximum Gasteiger partial charge on any atom is 0.122 e. The minimum absolute atomic E-state index is 0.0458. The molecule has 0 atom stereocenters. The number of nitrogens with two attached hydrogens (primary N) is 1. The molecule has 0 saturated carbocycles. The fraction of sp³-hybridized carbons (Fsp3) is 0.377. The van der Waals surface area contributed by atoms with Gasteiger partial charge in [-0.2, -0.15) is 0 Å². The number of rotatable bonds is 7. The van der Waals surface area contributed by atoms with E-state index in [2.05, 4.69) is 149 Å². The molecule has 5 aromatic rings. The number of nitrogens with zero attached hydrogens (tertiary/aromatic N) is 2. The van der Waals surface area contributed by atoms with Crippen molar-refractivity contribution in [2.45, 2.75) is 133 Å². The fourth-order valence-electron chi connectivity index (χ4n) is 9.33. The van der Waals surface area contributed by atoms with Gasteiger partial charge in [-0.15, -0.1) is 0 Å². The molecule has 0 radical (unpaired) electrons. The summed E-state index contributed by atoms with van der Waals surface area (Å²) in [6, 6.07) is 19.9. The molecule has 0 unspecified atom stereocenters. The van der Waals surface area contributed by atoms with Crippen molar-refractivity contribution in [2.75, 3.05) is 0 Å². The molecule has 59 heavy (non-hydrogen) atoms. The van der Waals surface area contributed by atoms with Crippen LogP contribution in [0.4, 0.5) is 0 Å². The molecule has 2 aliphatic heterocycles. The summed E-state index contributed by atoms with van der Waals surface area (Å²) >= 11 is 0. The summed E-state index contributed by atoms with van der Waals surface area (Å²) in [6.45, 7) is 31.9. The molecule has 0 spiro atoms.